The number of halogens is 1. The van der Waals surface area contributed by atoms with Gasteiger partial charge in [-0.05, 0) is 6.07 Å². The maximum Gasteiger partial charge on any atom is 0.264 e. The molecule has 6 nitrogen and oxygen atoms in total. The summed E-state index contributed by atoms with van der Waals surface area (Å²) >= 11 is 5.99. The average molecular weight is 276 g/mol. The molecule has 0 aliphatic rings. The Morgan fingerprint density at radius 3 is 3.00 bits per heavy atom. The molecule has 0 aliphatic heterocycles. The molecule has 0 aliphatic carbocycles. The standard InChI is InChI=1S/C12H10ClN5O/c1-17-11-9(5-16-17)12(19)18(7-15-11)6-8-3-2-4-14-10(8)13/h2-5,7H,6H2,1H3. The summed E-state index contributed by atoms with van der Waals surface area (Å²) in [5, 5.41) is 4.90. The molecule has 0 saturated heterocycles. The Hall–Kier alpha value is -2.21. The van der Waals surface area contributed by atoms with E-state index in [0.717, 1.165) is 5.56 Å². The molecule has 0 amide bonds. The summed E-state index contributed by atoms with van der Waals surface area (Å²) in [7, 11) is 1.75. The van der Waals surface area contributed by atoms with Crippen LogP contribution in [0.3, 0.4) is 0 Å². The third kappa shape index (κ3) is 2.00. The molecule has 0 fully saturated rings. The van der Waals surface area contributed by atoms with Crippen LogP contribution in [0.1, 0.15) is 5.56 Å². The van der Waals surface area contributed by atoms with E-state index in [1.165, 1.54) is 17.1 Å². The SMILES string of the molecule is Cn1ncc2c(=O)n(Cc3cccnc3Cl)cnc21. The van der Waals surface area contributed by atoms with Crippen LogP contribution in [0.25, 0.3) is 11.0 Å². The lowest BCUT2D eigenvalue weighted by Gasteiger charge is -2.06. The molecule has 0 radical (unpaired) electrons. The van der Waals surface area contributed by atoms with Crippen LogP contribution >= 0.6 is 11.6 Å². The second-order valence-electron chi connectivity index (χ2n) is 4.14. The van der Waals surface area contributed by atoms with Gasteiger partial charge in [0.15, 0.2) is 5.65 Å². The minimum atomic E-state index is -0.141. The molecule has 0 bridgehead atoms. The van der Waals surface area contributed by atoms with Crippen molar-refractivity contribution < 1.29 is 0 Å². The first-order chi connectivity index (χ1) is 9.16. The highest BCUT2D eigenvalue weighted by atomic mass is 35.5. The van der Waals surface area contributed by atoms with Crippen molar-refractivity contribution in [2.24, 2.45) is 7.05 Å². The molecule has 0 saturated carbocycles. The minimum Gasteiger partial charge on any atom is -0.294 e. The Kier molecular flexibility index (Phi) is 2.79. The van der Waals surface area contributed by atoms with Crippen molar-refractivity contribution in [1.82, 2.24) is 24.3 Å². The number of aryl methyl sites for hydroxylation is 1. The maximum absolute atomic E-state index is 12.3. The topological polar surface area (TPSA) is 65.6 Å². The van der Waals surface area contributed by atoms with Crippen LogP contribution in [0.4, 0.5) is 0 Å². The van der Waals surface area contributed by atoms with Crippen LogP contribution in [0, 0.1) is 0 Å². The zero-order valence-corrected chi connectivity index (χ0v) is 10.9. The summed E-state index contributed by atoms with van der Waals surface area (Å²) in [6, 6.07) is 3.61. The number of hydrogen-bond acceptors (Lipinski definition) is 4. The molecule has 0 unspecified atom stereocenters. The van der Waals surface area contributed by atoms with E-state index in [0.29, 0.717) is 22.7 Å². The van der Waals surface area contributed by atoms with Crippen molar-refractivity contribution in [3.05, 3.63) is 51.9 Å². The van der Waals surface area contributed by atoms with E-state index in [2.05, 4.69) is 15.1 Å². The highest BCUT2D eigenvalue weighted by Crippen LogP contribution is 2.12. The molecule has 3 aromatic heterocycles. The van der Waals surface area contributed by atoms with E-state index >= 15 is 0 Å². The Balaban J connectivity index is 2.09. The van der Waals surface area contributed by atoms with Crippen molar-refractivity contribution in [2.45, 2.75) is 6.54 Å². The number of fused-ring (bicyclic) bond motifs is 1. The smallest absolute Gasteiger partial charge is 0.264 e. The van der Waals surface area contributed by atoms with Gasteiger partial charge in [-0.1, -0.05) is 17.7 Å². The summed E-state index contributed by atoms with van der Waals surface area (Å²) in [5.41, 5.74) is 1.20. The van der Waals surface area contributed by atoms with Gasteiger partial charge >= 0.3 is 0 Å². The average Bonchev–Trinajstić information content (AvgIpc) is 2.78. The summed E-state index contributed by atoms with van der Waals surface area (Å²) in [4.78, 5) is 20.5. The fourth-order valence-corrected chi connectivity index (χ4v) is 2.08. The van der Waals surface area contributed by atoms with E-state index < -0.39 is 0 Å². The van der Waals surface area contributed by atoms with E-state index in [-0.39, 0.29) is 5.56 Å². The fourth-order valence-electron chi connectivity index (χ4n) is 1.90. The zero-order chi connectivity index (χ0) is 13.4. The zero-order valence-electron chi connectivity index (χ0n) is 10.1. The van der Waals surface area contributed by atoms with E-state index in [9.17, 15) is 4.79 Å². The lowest BCUT2D eigenvalue weighted by Crippen LogP contribution is -2.21. The first-order valence-electron chi connectivity index (χ1n) is 5.63. The molecular weight excluding hydrogens is 266 g/mol. The van der Waals surface area contributed by atoms with Gasteiger partial charge in [-0.25, -0.2) is 9.97 Å². The minimum absolute atomic E-state index is 0.141. The van der Waals surface area contributed by atoms with Crippen LogP contribution in [0.5, 0.6) is 0 Å². The van der Waals surface area contributed by atoms with Gasteiger partial charge in [0.1, 0.15) is 16.9 Å². The van der Waals surface area contributed by atoms with Crippen LogP contribution in [0.15, 0.2) is 35.6 Å². The molecule has 3 rings (SSSR count). The van der Waals surface area contributed by atoms with Crippen molar-refractivity contribution in [3.8, 4) is 0 Å². The van der Waals surface area contributed by atoms with Crippen LogP contribution in [-0.2, 0) is 13.6 Å². The second kappa shape index (κ2) is 4.47. The van der Waals surface area contributed by atoms with Crippen molar-refractivity contribution in [3.63, 3.8) is 0 Å². The molecule has 96 valence electrons. The second-order valence-corrected chi connectivity index (χ2v) is 4.49. The predicted molar refractivity (Wildman–Crippen MR) is 71.1 cm³/mol. The Morgan fingerprint density at radius 1 is 1.37 bits per heavy atom. The Morgan fingerprint density at radius 2 is 2.21 bits per heavy atom. The first kappa shape index (κ1) is 11.9. The highest BCUT2D eigenvalue weighted by Gasteiger charge is 2.09. The van der Waals surface area contributed by atoms with Crippen LogP contribution in [0.2, 0.25) is 5.15 Å². The molecule has 0 atom stereocenters. The summed E-state index contributed by atoms with van der Waals surface area (Å²) in [6.45, 7) is 0.337. The molecule has 7 heteroatoms. The summed E-state index contributed by atoms with van der Waals surface area (Å²) < 4.78 is 3.06. The van der Waals surface area contributed by atoms with Gasteiger partial charge in [-0.3, -0.25) is 14.0 Å². The Labute approximate surface area is 113 Å². The highest BCUT2D eigenvalue weighted by molar-refractivity contribution is 6.30. The Bertz CT molecular complexity index is 807. The van der Waals surface area contributed by atoms with E-state index in [4.69, 9.17) is 11.6 Å². The molecular formula is C12H10ClN5O. The van der Waals surface area contributed by atoms with E-state index in [1.807, 2.05) is 6.07 Å². The van der Waals surface area contributed by atoms with Gasteiger partial charge in [0, 0.05) is 18.8 Å². The quantitative estimate of drug-likeness (QED) is 0.660. The number of nitrogens with zero attached hydrogens (tertiary/aromatic N) is 5. The molecule has 3 heterocycles. The van der Waals surface area contributed by atoms with Gasteiger partial charge in [-0.15, -0.1) is 0 Å². The van der Waals surface area contributed by atoms with Crippen LogP contribution < -0.4 is 5.56 Å². The van der Waals surface area contributed by atoms with Gasteiger partial charge in [0.05, 0.1) is 12.7 Å². The molecule has 0 aromatic carbocycles. The van der Waals surface area contributed by atoms with Gasteiger partial charge in [0.2, 0.25) is 0 Å². The van der Waals surface area contributed by atoms with Gasteiger partial charge < -0.3 is 0 Å². The van der Waals surface area contributed by atoms with Crippen molar-refractivity contribution >= 4 is 22.6 Å². The monoisotopic (exact) mass is 275 g/mol. The van der Waals surface area contributed by atoms with Crippen molar-refractivity contribution in [2.75, 3.05) is 0 Å². The fraction of sp³-hybridized carbons (Fsp3) is 0.167. The normalized spacial score (nSPS) is 11.1. The van der Waals surface area contributed by atoms with Gasteiger partial charge in [-0.2, -0.15) is 5.10 Å². The predicted octanol–water partition coefficient (Wildman–Crippen LogP) is 1.23. The number of aromatic nitrogens is 5. The van der Waals surface area contributed by atoms with Crippen molar-refractivity contribution in [1.29, 1.82) is 0 Å². The van der Waals surface area contributed by atoms with Crippen LogP contribution in [-0.4, -0.2) is 24.3 Å². The third-order valence-electron chi connectivity index (χ3n) is 2.90. The lowest BCUT2D eigenvalue weighted by molar-refractivity contribution is 0.735. The van der Waals surface area contributed by atoms with E-state index in [1.54, 1.807) is 24.0 Å². The molecule has 19 heavy (non-hydrogen) atoms. The number of hydrogen-bond donors (Lipinski definition) is 0. The maximum atomic E-state index is 12.3. The molecule has 3 aromatic rings. The largest absolute Gasteiger partial charge is 0.294 e. The summed E-state index contributed by atoms with van der Waals surface area (Å²) in [6.07, 6.45) is 4.62. The van der Waals surface area contributed by atoms with Gasteiger partial charge in [0.25, 0.3) is 5.56 Å². The molecule has 0 spiro atoms. The number of rotatable bonds is 2. The third-order valence-corrected chi connectivity index (χ3v) is 3.24. The first-order valence-corrected chi connectivity index (χ1v) is 6.01. The number of pyridine rings is 1. The lowest BCUT2D eigenvalue weighted by atomic mass is 10.3. The summed E-state index contributed by atoms with van der Waals surface area (Å²) in [5.74, 6) is 0. The molecule has 0 N–H and O–H groups in total.